The van der Waals surface area contributed by atoms with Crippen LogP contribution < -0.4 is 10.6 Å². The molecule has 2 N–H and O–H groups in total. The number of ether oxygens (including phenoxy) is 1. The lowest BCUT2D eigenvalue weighted by Gasteiger charge is -2.34. The van der Waals surface area contributed by atoms with Crippen LogP contribution >= 0.6 is 0 Å². The highest BCUT2D eigenvalue weighted by Crippen LogP contribution is 2.23. The first kappa shape index (κ1) is 15.7. The number of morpholine rings is 1. The predicted molar refractivity (Wildman–Crippen MR) is 79.7 cm³/mol. The van der Waals surface area contributed by atoms with Gasteiger partial charge in [-0.2, -0.15) is 0 Å². The van der Waals surface area contributed by atoms with Gasteiger partial charge in [-0.1, -0.05) is 19.8 Å². The third-order valence-electron chi connectivity index (χ3n) is 4.48. The first-order valence-corrected chi connectivity index (χ1v) is 7.97. The molecule has 5 nitrogen and oxygen atoms in total. The molecule has 1 amide bonds. The number of likely N-dealkylation sites (N-methyl/N-ethyl adjacent to an activating group) is 1. The smallest absolute Gasteiger partial charge is 0.234 e. The Hall–Kier alpha value is -0.650. The van der Waals surface area contributed by atoms with Crippen molar-refractivity contribution in [1.29, 1.82) is 0 Å². The molecule has 5 heteroatoms. The molecule has 2 rings (SSSR count). The van der Waals surface area contributed by atoms with Crippen LogP contribution in [0.3, 0.4) is 0 Å². The van der Waals surface area contributed by atoms with E-state index in [0.29, 0.717) is 18.5 Å². The summed E-state index contributed by atoms with van der Waals surface area (Å²) in [7, 11) is 1.93. The minimum atomic E-state index is 0.175. The highest BCUT2D eigenvalue weighted by molar-refractivity contribution is 5.78. The van der Waals surface area contributed by atoms with Crippen LogP contribution in [0.4, 0.5) is 0 Å². The van der Waals surface area contributed by atoms with Gasteiger partial charge in [0.15, 0.2) is 0 Å². The molecule has 0 aromatic rings. The van der Waals surface area contributed by atoms with Crippen LogP contribution in [0.15, 0.2) is 0 Å². The van der Waals surface area contributed by atoms with Crippen LogP contribution in [-0.4, -0.2) is 62.8 Å². The lowest BCUT2D eigenvalue weighted by atomic mass is 9.86. The molecule has 0 aromatic heterocycles. The molecule has 0 aromatic carbocycles. The Morgan fingerprint density at radius 2 is 2.15 bits per heavy atom. The zero-order chi connectivity index (χ0) is 14.4. The number of rotatable bonds is 5. The Morgan fingerprint density at radius 1 is 1.35 bits per heavy atom. The Morgan fingerprint density at radius 3 is 2.90 bits per heavy atom. The first-order chi connectivity index (χ1) is 9.69. The monoisotopic (exact) mass is 283 g/mol. The molecule has 1 saturated carbocycles. The molecule has 1 saturated heterocycles. The normalized spacial score (nSPS) is 32.0. The van der Waals surface area contributed by atoms with Crippen molar-refractivity contribution in [1.82, 2.24) is 15.5 Å². The molecule has 3 atom stereocenters. The van der Waals surface area contributed by atoms with Gasteiger partial charge in [0.05, 0.1) is 19.3 Å². The molecule has 2 fully saturated rings. The molecule has 1 heterocycles. The third-order valence-corrected chi connectivity index (χ3v) is 4.48. The van der Waals surface area contributed by atoms with Gasteiger partial charge in [-0.25, -0.2) is 0 Å². The summed E-state index contributed by atoms with van der Waals surface area (Å²) in [5.41, 5.74) is 0. The second-order valence-electron chi connectivity index (χ2n) is 6.22. The maximum atomic E-state index is 12.2. The van der Waals surface area contributed by atoms with E-state index >= 15 is 0 Å². The lowest BCUT2D eigenvalue weighted by molar-refractivity contribution is -0.125. The maximum absolute atomic E-state index is 12.2. The van der Waals surface area contributed by atoms with Crippen molar-refractivity contribution in [3.63, 3.8) is 0 Å². The van der Waals surface area contributed by atoms with E-state index in [1.54, 1.807) is 0 Å². The fourth-order valence-corrected chi connectivity index (χ4v) is 3.26. The van der Waals surface area contributed by atoms with E-state index in [1.807, 2.05) is 7.05 Å². The van der Waals surface area contributed by atoms with Gasteiger partial charge in [0.25, 0.3) is 0 Å². The van der Waals surface area contributed by atoms with Crippen molar-refractivity contribution >= 4 is 5.91 Å². The standard InChI is InChI=1S/C15H29N3O2/c1-12-5-3-4-6-14(12)17-15(19)11-18-7-8-20-13(10-18)9-16-2/h12-14,16H,3-11H2,1-2H3,(H,17,19). The molecule has 20 heavy (non-hydrogen) atoms. The minimum absolute atomic E-state index is 0.175. The Labute approximate surface area is 122 Å². The summed E-state index contributed by atoms with van der Waals surface area (Å²) in [5.74, 6) is 0.795. The summed E-state index contributed by atoms with van der Waals surface area (Å²) in [6, 6.07) is 0.380. The van der Waals surface area contributed by atoms with Crippen molar-refractivity contribution in [2.75, 3.05) is 39.8 Å². The summed E-state index contributed by atoms with van der Waals surface area (Å²) in [6.45, 7) is 6.02. The highest BCUT2D eigenvalue weighted by Gasteiger charge is 2.25. The van der Waals surface area contributed by atoms with E-state index in [0.717, 1.165) is 32.7 Å². The summed E-state index contributed by atoms with van der Waals surface area (Å²) in [4.78, 5) is 14.4. The topological polar surface area (TPSA) is 53.6 Å². The maximum Gasteiger partial charge on any atom is 0.234 e. The molecule has 0 radical (unpaired) electrons. The number of carbonyl (C=O) groups is 1. The molecule has 2 aliphatic rings. The predicted octanol–water partition coefficient (Wildman–Crippen LogP) is 0.602. The van der Waals surface area contributed by atoms with Crippen LogP contribution in [0, 0.1) is 5.92 Å². The lowest BCUT2D eigenvalue weighted by Crippen LogP contribution is -2.51. The molecule has 1 aliphatic carbocycles. The average molecular weight is 283 g/mol. The molecule has 0 bridgehead atoms. The van der Waals surface area contributed by atoms with Crippen molar-refractivity contribution in [3.05, 3.63) is 0 Å². The van der Waals surface area contributed by atoms with Gasteiger partial charge in [0.2, 0.25) is 5.91 Å². The van der Waals surface area contributed by atoms with Gasteiger partial charge in [-0.15, -0.1) is 0 Å². The summed E-state index contributed by atoms with van der Waals surface area (Å²) in [6.07, 6.45) is 5.14. The SMILES string of the molecule is CNCC1CN(CC(=O)NC2CCCCC2C)CCO1. The van der Waals surface area contributed by atoms with Crippen LogP contribution in [0.25, 0.3) is 0 Å². The summed E-state index contributed by atoms with van der Waals surface area (Å²) >= 11 is 0. The van der Waals surface area contributed by atoms with Gasteiger partial charge >= 0.3 is 0 Å². The van der Waals surface area contributed by atoms with Crippen LogP contribution in [0.2, 0.25) is 0 Å². The van der Waals surface area contributed by atoms with Crippen molar-refractivity contribution in [2.24, 2.45) is 5.92 Å². The largest absolute Gasteiger partial charge is 0.374 e. The van der Waals surface area contributed by atoms with Gasteiger partial charge in [0, 0.05) is 25.7 Å². The number of carbonyl (C=O) groups excluding carboxylic acids is 1. The Balaban J connectivity index is 1.73. The van der Waals surface area contributed by atoms with Crippen molar-refractivity contribution < 1.29 is 9.53 Å². The van der Waals surface area contributed by atoms with E-state index in [2.05, 4.69) is 22.5 Å². The fraction of sp³-hybridized carbons (Fsp3) is 0.933. The zero-order valence-electron chi connectivity index (χ0n) is 12.9. The van der Waals surface area contributed by atoms with Crippen molar-refractivity contribution in [3.8, 4) is 0 Å². The van der Waals surface area contributed by atoms with Crippen LogP contribution in [0.1, 0.15) is 32.6 Å². The molecular weight excluding hydrogens is 254 g/mol. The first-order valence-electron chi connectivity index (χ1n) is 7.97. The van der Waals surface area contributed by atoms with E-state index in [-0.39, 0.29) is 12.0 Å². The average Bonchev–Trinajstić information content (AvgIpc) is 2.42. The van der Waals surface area contributed by atoms with E-state index in [4.69, 9.17) is 4.74 Å². The Kier molecular flexibility index (Phi) is 6.26. The summed E-state index contributed by atoms with van der Waals surface area (Å²) < 4.78 is 5.66. The zero-order valence-corrected chi connectivity index (χ0v) is 12.9. The van der Waals surface area contributed by atoms with Gasteiger partial charge in [0.1, 0.15) is 0 Å². The van der Waals surface area contributed by atoms with Gasteiger partial charge in [-0.3, -0.25) is 9.69 Å². The van der Waals surface area contributed by atoms with E-state index < -0.39 is 0 Å². The number of amides is 1. The third kappa shape index (κ3) is 4.72. The number of hydrogen-bond acceptors (Lipinski definition) is 4. The second-order valence-corrected chi connectivity index (χ2v) is 6.22. The second kappa shape index (κ2) is 7.96. The van der Waals surface area contributed by atoms with Crippen LogP contribution in [-0.2, 0) is 9.53 Å². The minimum Gasteiger partial charge on any atom is -0.374 e. The Bertz CT molecular complexity index is 309. The summed E-state index contributed by atoms with van der Waals surface area (Å²) in [5, 5.41) is 6.36. The molecular formula is C15H29N3O2. The number of hydrogen-bond donors (Lipinski definition) is 2. The molecule has 116 valence electrons. The van der Waals surface area contributed by atoms with Crippen molar-refractivity contribution in [2.45, 2.75) is 44.8 Å². The van der Waals surface area contributed by atoms with E-state index in [1.165, 1.54) is 19.3 Å². The highest BCUT2D eigenvalue weighted by atomic mass is 16.5. The number of nitrogens with one attached hydrogen (secondary N) is 2. The van der Waals surface area contributed by atoms with E-state index in [9.17, 15) is 4.79 Å². The molecule has 1 aliphatic heterocycles. The molecule has 0 spiro atoms. The number of nitrogens with zero attached hydrogens (tertiary/aromatic N) is 1. The fourth-order valence-electron chi connectivity index (χ4n) is 3.26. The van der Waals surface area contributed by atoms with Crippen LogP contribution in [0.5, 0.6) is 0 Å². The van der Waals surface area contributed by atoms with Gasteiger partial charge < -0.3 is 15.4 Å². The molecule has 3 unspecified atom stereocenters. The van der Waals surface area contributed by atoms with Gasteiger partial charge in [-0.05, 0) is 25.8 Å². The quantitative estimate of drug-likeness (QED) is 0.776.